The van der Waals surface area contributed by atoms with Crippen LogP contribution >= 0.6 is 0 Å². The van der Waals surface area contributed by atoms with Gasteiger partial charge < -0.3 is 4.74 Å². The summed E-state index contributed by atoms with van der Waals surface area (Å²) in [6.07, 6.45) is -0.188. The van der Waals surface area contributed by atoms with Gasteiger partial charge in [-0.2, -0.15) is 5.10 Å². The van der Waals surface area contributed by atoms with Gasteiger partial charge in [0.1, 0.15) is 6.10 Å². The number of nitrogens with one attached hydrogen (secondary N) is 2. The predicted molar refractivity (Wildman–Crippen MR) is 53.0 cm³/mol. The molecular weight excluding hydrogens is 182 g/mol. The van der Waals surface area contributed by atoms with Crippen LogP contribution in [0.25, 0.3) is 0 Å². The monoisotopic (exact) mass is 199 g/mol. The van der Waals surface area contributed by atoms with Crippen LogP contribution in [-0.4, -0.2) is 21.8 Å². The third-order valence-corrected chi connectivity index (χ3v) is 1.89. The van der Waals surface area contributed by atoms with E-state index in [-0.39, 0.29) is 17.2 Å². The topological polar surface area (TPSA) is 70.8 Å². The smallest absolute Gasteiger partial charge is 0.340 e. The minimum atomic E-state index is -0.297. The largest absolute Gasteiger partial charge is 0.370 e. The van der Waals surface area contributed by atoms with Crippen LogP contribution < -0.4 is 5.69 Å². The molecule has 1 aromatic rings. The average Bonchev–Trinajstić information content (AvgIpc) is 2.45. The minimum absolute atomic E-state index is 0.0891. The SMILES string of the molecule is CCOC(c1n[nH]c(=O)[nH]1)C(C)(C)C. The summed E-state index contributed by atoms with van der Waals surface area (Å²) in [4.78, 5) is 13.5. The third-order valence-electron chi connectivity index (χ3n) is 1.89. The zero-order valence-electron chi connectivity index (χ0n) is 9.05. The van der Waals surface area contributed by atoms with E-state index in [4.69, 9.17) is 4.74 Å². The highest BCUT2D eigenvalue weighted by Gasteiger charge is 2.29. The summed E-state index contributed by atoms with van der Waals surface area (Å²) in [6.45, 7) is 8.64. The Labute approximate surface area is 82.9 Å². The van der Waals surface area contributed by atoms with Crippen molar-refractivity contribution in [3.8, 4) is 0 Å². The van der Waals surface area contributed by atoms with Gasteiger partial charge in [0.15, 0.2) is 5.82 Å². The molecule has 0 saturated carbocycles. The lowest BCUT2D eigenvalue weighted by atomic mass is 9.88. The first-order valence-electron chi connectivity index (χ1n) is 4.71. The second-order valence-corrected chi connectivity index (χ2v) is 4.26. The first-order valence-corrected chi connectivity index (χ1v) is 4.71. The fraction of sp³-hybridized carbons (Fsp3) is 0.778. The molecule has 0 saturated heterocycles. The lowest BCUT2D eigenvalue weighted by Crippen LogP contribution is -2.23. The van der Waals surface area contributed by atoms with E-state index in [1.807, 2.05) is 27.7 Å². The summed E-state index contributed by atoms with van der Waals surface area (Å²) >= 11 is 0. The molecule has 0 spiro atoms. The van der Waals surface area contributed by atoms with Crippen molar-refractivity contribution in [3.63, 3.8) is 0 Å². The first-order chi connectivity index (χ1) is 6.45. The van der Waals surface area contributed by atoms with Crippen LogP contribution in [0.15, 0.2) is 4.79 Å². The van der Waals surface area contributed by atoms with Crippen molar-refractivity contribution in [1.29, 1.82) is 0 Å². The van der Waals surface area contributed by atoms with Crippen molar-refractivity contribution in [1.82, 2.24) is 15.2 Å². The summed E-state index contributed by atoms with van der Waals surface area (Å²) < 4.78 is 5.55. The number of hydrogen-bond donors (Lipinski definition) is 2. The normalized spacial score (nSPS) is 14.3. The van der Waals surface area contributed by atoms with Crippen molar-refractivity contribution < 1.29 is 4.74 Å². The summed E-state index contributed by atoms with van der Waals surface area (Å²) in [7, 11) is 0. The number of aromatic nitrogens is 3. The molecule has 0 aromatic carbocycles. The van der Waals surface area contributed by atoms with Crippen molar-refractivity contribution in [2.45, 2.75) is 33.8 Å². The molecule has 1 rings (SSSR count). The van der Waals surface area contributed by atoms with E-state index in [1.54, 1.807) is 0 Å². The maximum absolute atomic E-state index is 10.9. The number of H-pyrrole nitrogens is 2. The van der Waals surface area contributed by atoms with Gasteiger partial charge in [0.05, 0.1) is 0 Å². The first kappa shape index (κ1) is 11.0. The molecule has 0 aliphatic heterocycles. The fourth-order valence-corrected chi connectivity index (χ4v) is 1.31. The highest BCUT2D eigenvalue weighted by atomic mass is 16.5. The molecule has 0 amide bonds. The van der Waals surface area contributed by atoms with Crippen LogP contribution in [0.3, 0.4) is 0 Å². The summed E-state index contributed by atoms with van der Waals surface area (Å²) in [5.74, 6) is 0.560. The maximum Gasteiger partial charge on any atom is 0.340 e. The van der Waals surface area contributed by atoms with E-state index in [1.165, 1.54) is 0 Å². The molecule has 0 fully saturated rings. The Bertz CT molecular complexity index is 334. The lowest BCUT2D eigenvalue weighted by Gasteiger charge is -2.28. The van der Waals surface area contributed by atoms with Gasteiger partial charge in [-0.05, 0) is 12.3 Å². The molecule has 2 N–H and O–H groups in total. The Morgan fingerprint density at radius 2 is 2.14 bits per heavy atom. The van der Waals surface area contributed by atoms with Gasteiger partial charge in [-0.25, -0.2) is 9.89 Å². The van der Waals surface area contributed by atoms with E-state index < -0.39 is 0 Å². The van der Waals surface area contributed by atoms with Gasteiger partial charge in [0.2, 0.25) is 0 Å². The second kappa shape index (κ2) is 3.96. The highest BCUT2D eigenvalue weighted by molar-refractivity contribution is 4.93. The quantitative estimate of drug-likeness (QED) is 0.769. The summed E-state index contributed by atoms with van der Waals surface area (Å²) in [5, 5.41) is 6.22. The van der Waals surface area contributed by atoms with Crippen molar-refractivity contribution in [3.05, 3.63) is 16.3 Å². The number of aromatic amines is 2. The zero-order valence-corrected chi connectivity index (χ0v) is 9.05. The molecule has 1 unspecified atom stereocenters. The van der Waals surface area contributed by atoms with Crippen LogP contribution in [0.2, 0.25) is 0 Å². The number of nitrogens with zero attached hydrogens (tertiary/aromatic N) is 1. The standard InChI is InChI=1S/C9H17N3O2/c1-5-14-6(9(2,3)4)7-10-8(13)12-11-7/h6H,5H2,1-4H3,(H2,10,11,12,13). The molecule has 0 bridgehead atoms. The zero-order chi connectivity index (χ0) is 10.8. The molecule has 1 heterocycles. The minimum Gasteiger partial charge on any atom is -0.370 e. The molecule has 0 aliphatic rings. The van der Waals surface area contributed by atoms with Crippen LogP contribution in [-0.2, 0) is 4.74 Å². The number of rotatable bonds is 3. The van der Waals surface area contributed by atoms with Crippen LogP contribution in [0.1, 0.15) is 39.6 Å². The Kier molecular flexibility index (Phi) is 3.10. The lowest BCUT2D eigenvalue weighted by molar-refractivity contribution is -0.0189. The summed E-state index contributed by atoms with van der Waals surface area (Å²) in [6, 6.07) is 0. The van der Waals surface area contributed by atoms with Gasteiger partial charge in [0.25, 0.3) is 0 Å². The molecule has 1 atom stereocenters. The van der Waals surface area contributed by atoms with E-state index >= 15 is 0 Å². The third kappa shape index (κ3) is 2.45. The van der Waals surface area contributed by atoms with Crippen molar-refractivity contribution in [2.24, 2.45) is 5.41 Å². The van der Waals surface area contributed by atoms with Crippen molar-refractivity contribution in [2.75, 3.05) is 6.61 Å². The van der Waals surface area contributed by atoms with Gasteiger partial charge >= 0.3 is 5.69 Å². The van der Waals surface area contributed by atoms with Gasteiger partial charge in [-0.15, -0.1) is 0 Å². The molecule has 14 heavy (non-hydrogen) atoms. The molecule has 0 aliphatic carbocycles. The Balaban J connectivity index is 2.94. The van der Waals surface area contributed by atoms with Gasteiger partial charge in [-0.1, -0.05) is 20.8 Å². The fourth-order valence-electron chi connectivity index (χ4n) is 1.31. The van der Waals surface area contributed by atoms with E-state index in [2.05, 4.69) is 15.2 Å². The van der Waals surface area contributed by atoms with Crippen LogP contribution in [0.4, 0.5) is 0 Å². The molecular formula is C9H17N3O2. The Morgan fingerprint density at radius 1 is 1.50 bits per heavy atom. The van der Waals surface area contributed by atoms with Crippen LogP contribution in [0, 0.1) is 5.41 Å². The van der Waals surface area contributed by atoms with E-state index in [0.717, 1.165) is 0 Å². The molecule has 5 heteroatoms. The van der Waals surface area contributed by atoms with Gasteiger partial charge in [0, 0.05) is 6.61 Å². The molecule has 80 valence electrons. The van der Waals surface area contributed by atoms with Crippen molar-refractivity contribution >= 4 is 0 Å². The highest BCUT2D eigenvalue weighted by Crippen LogP contribution is 2.33. The average molecular weight is 199 g/mol. The molecule has 1 aromatic heterocycles. The predicted octanol–water partition coefficient (Wildman–Crippen LogP) is 1.22. The number of hydrogen-bond acceptors (Lipinski definition) is 3. The van der Waals surface area contributed by atoms with Gasteiger partial charge in [-0.3, -0.25) is 4.98 Å². The Hall–Kier alpha value is -1.10. The molecule has 0 radical (unpaired) electrons. The van der Waals surface area contributed by atoms with Crippen LogP contribution in [0.5, 0.6) is 0 Å². The molecule has 5 nitrogen and oxygen atoms in total. The number of ether oxygens (including phenoxy) is 1. The van der Waals surface area contributed by atoms with E-state index in [9.17, 15) is 4.79 Å². The Morgan fingerprint density at radius 3 is 2.50 bits per heavy atom. The summed E-state index contributed by atoms with van der Waals surface area (Å²) in [5.41, 5.74) is -0.386. The van der Waals surface area contributed by atoms with E-state index in [0.29, 0.717) is 12.4 Å². The second-order valence-electron chi connectivity index (χ2n) is 4.26. The maximum atomic E-state index is 10.9.